The Morgan fingerprint density at radius 1 is 1.17 bits per heavy atom. The van der Waals surface area contributed by atoms with Gasteiger partial charge in [-0.2, -0.15) is 0 Å². The fourth-order valence-electron chi connectivity index (χ4n) is 2.06. The van der Waals surface area contributed by atoms with E-state index in [0.717, 1.165) is 22.9 Å². The number of thioether (sulfide) groups is 1. The van der Waals surface area contributed by atoms with Crippen molar-refractivity contribution in [3.05, 3.63) is 68.5 Å². The molecule has 2 aromatic carbocycles. The molecule has 122 valence electrons. The molecule has 0 radical (unpaired) electrons. The number of nitrogens with one attached hydrogen (secondary N) is 2. The summed E-state index contributed by atoms with van der Waals surface area (Å²) in [5.41, 5.74) is 1.75. The van der Waals surface area contributed by atoms with E-state index in [1.807, 2.05) is 18.2 Å². The Kier molecular flexibility index (Phi) is 5.14. The van der Waals surface area contributed by atoms with Gasteiger partial charge in [-0.25, -0.2) is 0 Å². The highest BCUT2D eigenvalue weighted by Crippen LogP contribution is 2.30. The molecule has 1 saturated heterocycles. The summed E-state index contributed by atoms with van der Waals surface area (Å²) in [6, 6.07) is 12.7. The second-order valence-electron chi connectivity index (χ2n) is 5.00. The lowest BCUT2D eigenvalue weighted by Crippen LogP contribution is -2.18. The number of carbonyl (C=O) groups excluding carboxylic acids is 1. The molecule has 0 atom stereocenters. The van der Waals surface area contributed by atoms with Crippen molar-refractivity contribution in [1.29, 1.82) is 5.41 Å². The van der Waals surface area contributed by atoms with E-state index >= 15 is 0 Å². The summed E-state index contributed by atoms with van der Waals surface area (Å²) in [6.07, 6.45) is 1.69. The van der Waals surface area contributed by atoms with Gasteiger partial charge in [0.15, 0.2) is 5.17 Å². The number of hydrogen-bond acceptors (Lipinski definition) is 4. The minimum Gasteiger partial charge on any atom is -0.487 e. The van der Waals surface area contributed by atoms with Gasteiger partial charge in [-0.1, -0.05) is 41.4 Å². The number of ether oxygens (including phenoxy) is 1. The Labute approximate surface area is 153 Å². The van der Waals surface area contributed by atoms with E-state index in [1.165, 1.54) is 0 Å². The third kappa shape index (κ3) is 4.12. The Bertz CT molecular complexity index is 835. The zero-order valence-corrected chi connectivity index (χ0v) is 14.6. The molecule has 4 nitrogen and oxygen atoms in total. The Balaban J connectivity index is 1.70. The van der Waals surface area contributed by atoms with E-state index in [-0.39, 0.29) is 11.1 Å². The molecule has 0 spiro atoms. The highest BCUT2D eigenvalue weighted by Gasteiger charge is 2.22. The normalized spacial score (nSPS) is 15.7. The monoisotopic (exact) mass is 378 g/mol. The third-order valence-electron chi connectivity index (χ3n) is 3.22. The molecule has 1 amide bonds. The number of carbonyl (C=O) groups is 1. The van der Waals surface area contributed by atoms with Gasteiger partial charge in [0.25, 0.3) is 5.91 Å². The molecule has 0 bridgehead atoms. The highest BCUT2D eigenvalue weighted by molar-refractivity contribution is 8.18. The number of amides is 1. The summed E-state index contributed by atoms with van der Waals surface area (Å²) in [5, 5.41) is 11.1. The van der Waals surface area contributed by atoms with Crippen LogP contribution in [-0.2, 0) is 11.4 Å². The van der Waals surface area contributed by atoms with Crippen LogP contribution in [0.4, 0.5) is 0 Å². The largest absolute Gasteiger partial charge is 0.487 e. The minimum absolute atomic E-state index is 0.125. The molecule has 1 aliphatic rings. The molecule has 3 rings (SSSR count). The van der Waals surface area contributed by atoms with Crippen LogP contribution >= 0.6 is 35.0 Å². The van der Waals surface area contributed by atoms with Gasteiger partial charge in [0, 0.05) is 5.02 Å². The molecule has 1 aliphatic heterocycles. The summed E-state index contributed by atoms with van der Waals surface area (Å²) in [7, 11) is 0. The van der Waals surface area contributed by atoms with Crippen molar-refractivity contribution in [1.82, 2.24) is 5.32 Å². The first-order valence-corrected chi connectivity index (χ1v) is 8.55. The first kappa shape index (κ1) is 16.9. The van der Waals surface area contributed by atoms with Crippen LogP contribution in [0.25, 0.3) is 6.08 Å². The van der Waals surface area contributed by atoms with Crippen molar-refractivity contribution in [3.63, 3.8) is 0 Å². The van der Waals surface area contributed by atoms with Crippen LogP contribution in [-0.4, -0.2) is 11.1 Å². The summed E-state index contributed by atoms with van der Waals surface area (Å²) in [6.45, 7) is 0.382. The van der Waals surface area contributed by atoms with Crippen LogP contribution < -0.4 is 10.1 Å². The van der Waals surface area contributed by atoms with Crippen LogP contribution in [0.3, 0.4) is 0 Å². The minimum atomic E-state index is -0.274. The van der Waals surface area contributed by atoms with E-state index in [9.17, 15) is 4.79 Å². The lowest BCUT2D eigenvalue weighted by atomic mass is 10.2. The fraction of sp³-hybridized carbons (Fsp3) is 0.0588. The Morgan fingerprint density at radius 2 is 1.92 bits per heavy atom. The summed E-state index contributed by atoms with van der Waals surface area (Å²) in [4.78, 5) is 12.1. The van der Waals surface area contributed by atoms with E-state index < -0.39 is 0 Å². The highest BCUT2D eigenvalue weighted by atomic mass is 35.5. The molecule has 2 aromatic rings. The number of rotatable bonds is 4. The second-order valence-corrected chi connectivity index (χ2v) is 6.89. The van der Waals surface area contributed by atoms with Gasteiger partial charge < -0.3 is 10.1 Å². The predicted molar refractivity (Wildman–Crippen MR) is 98.7 cm³/mol. The lowest BCUT2D eigenvalue weighted by Gasteiger charge is -2.09. The molecule has 2 N–H and O–H groups in total. The van der Waals surface area contributed by atoms with Crippen LogP contribution in [0.5, 0.6) is 5.75 Å². The molecule has 0 saturated carbocycles. The van der Waals surface area contributed by atoms with Crippen molar-refractivity contribution in [3.8, 4) is 5.75 Å². The molecular formula is C17H12Cl2N2O2S. The summed E-state index contributed by atoms with van der Waals surface area (Å²) >= 11 is 13.2. The van der Waals surface area contributed by atoms with Gasteiger partial charge >= 0.3 is 0 Å². The number of hydrogen-bond donors (Lipinski definition) is 2. The van der Waals surface area contributed by atoms with Gasteiger partial charge in [-0.3, -0.25) is 10.2 Å². The van der Waals surface area contributed by atoms with Gasteiger partial charge in [0.1, 0.15) is 12.4 Å². The molecule has 1 fully saturated rings. The zero-order valence-electron chi connectivity index (χ0n) is 12.3. The maximum absolute atomic E-state index is 11.6. The smallest absolute Gasteiger partial charge is 0.264 e. The number of benzene rings is 2. The first-order chi connectivity index (χ1) is 11.5. The van der Waals surface area contributed by atoms with E-state index in [4.69, 9.17) is 33.3 Å². The molecule has 0 unspecified atom stereocenters. The summed E-state index contributed by atoms with van der Waals surface area (Å²) < 4.78 is 5.71. The topological polar surface area (TPSA) is 62.2 Å². The fourth-order valence-corrected chi connectivity index (χ4v) is 3.13. The first-order valence-electron chi connectivity index (χ1n) is 6.97. The van der Waals surface area contributed by atoms with Gasteiger partial charge in [-0.15, -0.1) is 0 Å². The van der Waals surface area contributed by atoms with Crippen molar-refractivity contribution < 1.29 is 9.53 Å². The SMILES string of the molecule is N=C1NC(=O)C(=Cc2ccc(OCc3ccc(Cl)cc3)c(Cl)c2)S1. The molecular weight excluding hydrogens is 367 g/mol. The number of amidine groups is 1. The molecule has 0 aromatic heterocycles. The molecule has 0 aliphatic carbocycles. The van der Waals surface area contributed by atoms with Crippen LogP contribution in [0.15, 0.2) is 47.4 Å². The summed E-state index contributed by atoms with van der Waals surface area (Å²) in [5.74, 6) is 0.286. The lowest BCUT2D eigenvalue weighted by molar-refractivity contribution is -0.115. The van der Waals surface area contributed by atoms with E-state index in [2.05, 4.69) is 5.32 Å². The van der Waals surface area contributed by atoms with Crippen LogP contribution in [0.2, 0.25) is 10.0 Å². The predicted octanol–water partition coefficient (Wildman–Crippen LogP) is 4.71. The maximum Gasteiger partial charge on any atom is 0.264 e. The molecule has 24 heavy (non-hydrogen) atoms. The molecule has 1 heterocycles. The average molecular weight is 379 g/mol. The average Bonchev–Trinajstić information content (AvgIpc) is 2.86. The number of halogens is 2. The van der Waals surface area contributed by atoms with Crippen molar-refractivity contribution >= 4 is 52.1 Å². The second kappa shape index (κ2) is 7.30. The Morgan fingerprint density at radius 3 is 2.54 bits per heavy atom. The van der Waals surface area contributed by atoms with Crippen LogP contribution in [0, 0.1) is 5.41 Å². The van der Waals surface area contributed by atoms with Gasteiger partial charge in [-0.05, 0) is 53.2 Å². The van der Waals surface area contributed by atoms with Gasteiger partial charge in [0.2, 0.25) is 0 Å². The van der Waals surface area contributed by atoms with Crippen molar-refractivity contribution in [2.45, 2.75) is 6.61 Å². The zero-order chi connectivity index (χ0) is 17.1. The Hall–Kier alpha value is -1.95. The van der Waals surface area contributed by atoms with Crippen molar-refractivity contribution in [2.75, 3.05) is 0 Å². The standard InChI is InChI=1S/C17H12Cl2N2O2S/c18-12-4-1-10(2-5-12)9-23-14-6-3-11(7-13(14)19)8-15-16(22)21-17(20)24-15/h1-8H,9H2,(H2,20,21,22). The maximum atomic E-state index is 11.6. The van der Waals surface area contributed by atoms with E-state index in [1.54, 1.807) is 30.3 Å². The molecule has 7 heteroatoms. The van der Waals surface area contributed by atoms with Crippen molar-refractivity contribution in [2.24, 2.45) is 0 Å². The quantitative estimate of drug-likeness (QED) is 0.757. The van der Waals surface area contributed by atoms with E-state index in [0.29, 0.717) is 27.3 Å². The third-order valence-corrected chi connectivity index (χ3v) is 4.60. The van der Waals surface area contributed by atoms with Gasteiger partial charge in [0.05, 0.1) is 9.93 Å². The van der Waals surface area contributed by atoms with Crippen LogP contribution in [0.1, 0.15) is 11.1 Å².